The summed E-state index contributed by atoms with van der Waals surface area (Å²) in [7, 11) is 0. The Balaban J connectivity index is 4.08. The summed E-state index contributed by atoms with van der Waals surface area (Å²) >= 11 is 0. The van der Waals surface area contributed by atoms with Crippen molar-refractivity contribution in [2.75, 3.05) is 26.3 Å². The highest BCUT2D eigenvalue weighted by Crippen LogP contribution is 1.97. The molecule has 0 heterocycles. The smallest absolute Gasteiger partial charge is 0.250 e. The van der Waals surface area contributed by atoms with Gasteiger partial charge in [0.15, 0.2) is 0 Å². The van der Waals surface area contributed by atoms with Gasteiger partial charge in [-0.05, 0) is 6.92 Å². The maximum atomic E-state index is 11.1. The van der Waals surface area contributed by atoms with E-state index in [1.807, 2.05) is 5.43 Å². The van der Waals surface area contributed by atoms with E-state index in [9.17, 15) is 4.79 Å². The highest BCUT2D eigenvalue weighted by atomic mass is 16.3. The summed E-state index contributed by atoms with van der Waals surface area (Å²) in [6, 6.07) is -0.440. The fraction of sp³-hybridized carbons (Fsp3) is 0.857. The molecular formula is C7H17N3O3. The fourth-order valence-corrected chi connectivity index (χ4v) is 1.04. The molecule has 0 bridgehead atoms. The Morgan fingerprint density at radius 2 is 1.92 bits per heavy atom. The predicted molar refractivity (Wildman–Crippen MR) is 47.5 cm³/mol. The third-order valence-electron chi connectivity index (χ3n) is 1.84. The number of hydrogen-bond acceptors (Lipinski definition) is 5. The van der Waals surface area contributed by atoms with Crippen molar-refractivity contribution >= 4 is 5.91 Å². The molecule has 0 aromatic rings. The van der Waals surface area contributed by atoms with Crippen LogP contribution in [0.2, 0.25) is 0 Å². The Kier molecular flexibility index (Phi) is 6.43. The van der Waals surface area contributed by atoms with Crippen molar-refractivity contribution in [3.63, 3.8) is 0 Å². The molecule has 0 aromatic heterocycles. The second kappa shape index (κ2) is 6.79. The van der Waals surface area contributed by atoms with Gasteiger partial charge in [-0.1, -0.05) is 0 Å². The molecule has 0 rings (SSSR count). The molecular weight excluding hydrogens is 174 g/mol. The van der Waals surface area contributed by atoms with E-state index in [1.165, 1.54) is 0 Å². The zero-order valence-electron chi connectivity index (χ0n) is 7.73. The Morgan fingerprint density at radius 1 is 1.46 bits per heavy atom. The van der Waals surface area contributed by atoms with E-state index < -0.39 is 6.04 Å². The van der Waals surface area contributed by atoms with Crippen LogP contribution in [-0.2, 0) is 4.79 Å². The first-order valence-corrected chi connectivity index (χ1v) is 4.13. The number of nitrogens with one attached hydrogen (secondary N) is 1. The van der Waals surface area contributed by atoms with Gasteiger partial charge in [-0.15, -0.1) is 0 Å². The van der Waals surface area contributed by atoms with Crippen molar-refractivity contribution in [2.24, 2.45) is 5.84 Å². The Bertz CT molecular complexity index is 148. The monoisotopic (exact) mass is 191 g/mol. The molecule has 1 amide bonds. The van der Waals surface area contributed by atoms with Crippen LogP contribution in [0.3, 0.4) is 0 Å². The van der Waals surface area contributed by atoms with Crippen molar-refractivity contribution in [3.05, 3.63) is 0 Å². The van der Waals surface area contributed by atoms with Crippen LogP contribution >= 0.6 is 0 Å². The van der Waals surface area contributed by atoms with E-state index in [4.69, 9.17) is 16.1 Å². The van der Waals surface area contributed by atoms with Gasteiger partial charge in [-0.3, -0.25) is 15.1 Å². The number of carbonyl (C=O) groups excluding carboxylic acids is 1. The molecule has 0 saturated carbocycles. The predicted octanol–water partition coefficient (Wildman–Crippen LogP) is -2.35. The lowest BCUT2D eigenvalue weighted by Crippen LogP contribution is -2.49. The van der Waals surface area contributed by atoms with Crippen molar-refractivity contribution in [3.8, 4) is 0 Å². The zero-order chi connectivity index (χ0) is 10.3. The average molecular weight is 191 g/mol. The van der Waals surface area contributed by atoms with Gasteiger partial charge in [0, 0.05) is 13.1 Å². The van der Waals surface area contributed by atoms with Gasteiger partial charge in [0.05, 0.1) is 19.3 Å². The molecule has 78 valence electrons. The van der Waals surface area contributed by atoms with Crippen LogP contribution < -0.4 is 11.3 Å². The quantitative estimate of drug-likeness (QED) is 0.214. The molecule has 1 unspecified atom stereocenters. The minimum Gasteiger partial charge on any atom is -0.395 e. The topological polar surface area (TPSA) is 98.8 Å². The molecule has 6 heteroatoms. The molecule has 6 nitrogen and oxygen atoms in total. The molecule has 0 saturated heterocycles. The average Bonchev–Trinajstić information content (AvgIpc) is 2.15. The first-order valence-electron chi connectivity index (χ1n) is 4.13. The minimum atomic E-state index is -0.440. The highest BCUT2D eigenvalue weighted by molar-refractivity contribution is 5.80. The lowest BCUT2D eigenvalue weighted by Gasteiger charge is -2.25. The van der Waals surface area contributed by atoms with E-state index in [-0.39, 0.29) is 19.1 Å². The number of hydrogen-bond donors (Lipinski definition) is 4. The van der Waals surface area contributed by atoms with Crippen LogP contribution in [0.1, 0.15) is 6.92 Å². The third kappa shape index (κ3) is 4.18. The summed E-state index contributed by atoms with van der Waals surface area (Å²) in [4.78, 5) is 12.7. The van der Waals surface area contributed by atoms with Crippen LogP contribution in [0.4, 0.5) is 0 Å². The number of amides is 1. The van der Waals surface area contributed by atoms with Crippen LogP contribution in [0.25, 0.3) is 0 Å². The molecule has 0 aliphatic rings. The van der Waals surface area contributed by atoms with Gasteiger partial charge in [-0.25, -0.2) is 5.84 Å². The van der Waals surface area contributed by atoms with Gasteiger partial charge < -0.3 is 10.2 Å². The van der Waals surface area contributed by atoms with Gasteiger partial charge in [0.2, 0.25) is 0 Å². The molecule has 13 heavy (non-hydrogen) atoms. The highest BCUT2D eigenvalue weighted by Gasteiger charge is 2.18. The van der Waals surface area contributed by atoms with E-state index >= 15 is 0 Å². The van der Waals surface area contributed by atoms with E-state index in [1.54, 1.807) is 11.8 Å². The Morgan fingerprint density at radius 3 is 2.23 bits per heavy atom. The van der Waals surface area contributed by atoms with Crippen LogP contribution in [0, 0.1) is 0 Å². The number of hydrazine groups is 1. The summed E-state index contributed by atoms with van der Waals surface area (Å²) in [5.74, 6) is 4.62. The number of carbonyl (C=O) groups is 1. The number of aliphatic hydroxyl groups is 2. The van der Waals surface area contributed by atoms with Gasteiger partial charge in [-0.2, -0.15) is 0 Å². The van der Waals surface area contributed by atoms with Gasteiger partial charge in [0.25, 0.3) is 5.91 Å². The number of nitrogens with zero attached hydrogens (tertiary/aromatic N) is 1. The fourth-order valence-electron chi connectivity index (χ4n) is 1.04. The molecule has 0 aromatic carbocycles. The van der Waals surface area contributed by atoms with Gasteiger partial charge in [0.1, 0.15) is 0 Å². The Labute approximate surface area is 77.3 Å². The summed E-state index contributed by atoms with van der Waals surface area (Å²) in [5.41, 5.74) is 2.02. The van der Waals surface area contributed by atoms with E-state index in [2.05, 4.69) is 0 Å². The second-order valence-corrected chi connectivity index (χ2v) is 2.67. The molecule has 5 N–H and O–H groups in total. The number of nitrogens with two attached hydrogens (primary N) is 1. The normalized spacial score (nSPS) is 13.0. The molecule has 1 atom stereocenters. The lowest BCUT2D eigenvalue weighted by molar-refractivity contribution is -0.126. The molecule has 0 aliphatic heterocycles. The van der Waals surface area contributed by atoms with Crippen LogP contribution in [-0.4, -0.2) is 53.4 Å². The Hall–Kier alpha value is -0.690. The third-order valence-corrected chi connectivity index (χ3v) is 1.84. The standard InChI is InChI=1S/C7H17N3O3/c1-6(7(13)9-8)10(2-4-11)3-5-12/h6,11-12H,2-5,8H2,1H3,(H,9,13). The summed E-state index contributed by atoms with van der Waals surface area (Å²) in [6.45, 7) is 2.24. The maximum absolute atomic E-state index is 11.1. The first kappa shape index (κ1) is 12.3. The zero-order valence-corrected chi connectivity index (χ0v) is 7.73. The molecule has 0 spiro atoms. The molecule has 0 fully saturated rings. The van der Waals surface area contributed by atoms with Crippen LogP contribution in [0.5, 0.6) is 0 Å². The van der Waals surface area contributed by atoms with Crippen molar-refractivity contribution in [1.82, 2.24) is 10.3 Å². The van der Waals surface area contributed by atoms with Crippen LogP contribution in [0.15, 0.2) is 0 Å². The van der Waals surface area contributed by atoms with Crippen molar-refractivity contribution in [2.45, 2.75) is 13.0 Å². The molecule has 0 radical (unpaired) electrons. The largest absolute Gasteiger partial charge is 0.395 e. The van der Waals surface area contributed by atoms with E-state index in [0.717, 1.165) is 0 Å². The first-order chi connectivity index (χ1) is 6.17. The van der Waals surface area contributed by atoms with Crippen molar-refractivity contribution in [1.29, 1.82) is 0 Å². The number of rotatable bonds is 6. The van der Waals surface area contributed by atoms with Crippen molar-refractivity contribution < 1.29 is 15.0 Å². The SMILES string of the molecule is CC(C(=O)NN)N(CCO)CCO. The summed E-state index contributed by atoms with van der Waals surface area (Å²) in [6.07, 6.45) is 0. The van der Waals surface area contributed by atoms with E-state index in [0.29, 0.717) is 13.1 Å². The maximum Gasteiger partial charge on any atom is 0.250 e. The number of aliphatic hydroxyl groups excluding tert-OH is 2. The second-order valence-electron chi connectivity index (χ2n) is 2.67. The lowest BCUT2D eigenvalue weighted by atomic mass is 10.2. The minimum absolute atomic E-state index is 0.0534. The summed E-state index contributed by atoms with van der Waals surface area (Å²) < 4.78 is 0. The van der Waals surface area contributed by atoms with Gasteiger partial charge >= 0.3 is 0 Å². The summed E-state index contributed by atoms with van der Waals surface area (Å²) in [5, 5.41) is 17.4. The molecule has 0 aliphatic carbocycles.